The summed E-state index contributed by atoms with van der Waals surface area (Å²) in [6.07, 6.45) is 0. The Bertz CT molecular complexity index is 734. The lowest BCUT2D eigenvalue weighted by atomic mass is 10.1. The van der Waals surface area contributed by atoms with Crippen molar-refractivity contribution in [1.82, 2.24) is 5.32 Å². The largest absolute Gasteiger partial charge is 0.482 e. The van der Waals surface area contributed by atoms with Crippen LogP contribution >= 0.6 is 23.2 Å². The van der Waals surface area contributed by atoms with Gasteiger partial charge in [-0.15, -0.1) is 0 Å². The number of carbonyl (C=O) groups is 2. The molecule has 0 fully saturated rings. The van der Waals surface area contributed by atoms with Crippen molar-refractivity contribution < 1.29 is 19.1 Å². The summed E-state index contributed by atoms with van der Waals surface area (Å²) in [7, 11) is 0. The summed E-state index contributed by atoms with van der Waals surface area (Å²) in [6, 6.07) is 13.5. The van der Waals surface area contributed by atoms with Gasteiger partial charge >= 0.3 is 5.97 Å². The highest BCUT2D eigenvalue weighted by molar-refractivity contribution is 6.31. The predicted molar refractivity (Wildman–Crippen MR) is 95.9 cm³/mol. The molecule has 1 atom stereocenters. The lowest BCUT2D eigenvalue weighted by Gasteiger charge is -2.15. The van der Waals surface area contributed by atoms with Crippen LogP contribution in [0.5, 0.6) is 5.75 Å². The molecule has 0 aromatic heterocycles. The van der Waals surface area contributed by atoms with Crippen molar-refractivity contribution in [2.75, 3.05) is 13.2 Å². The third-order valence-corrected chi connectivity index (χ3v) is 3.88. The van der Waals surface area contributed by atoms with Gasteiger partial charge in [-0.3, -0.25) is 4.79 Å². The normalized spacial score (nSPS) is 11.5. The fourth-order valence-electron chi connectivity index (χ4n) is 2.05. The van der Waals surface area contributed by atoms with Gasteiger partial charge in [-0.05, 0) is 42.8 Å². The van der Waals surface area contributed by atoms with Crippen LogP contribution in [0, 0.1) is 0 Å². The van der Waals surface area contributed by atoms with Crippen LogP contribution in [0.2, 0.25) is 10.0 Å². The molecule has 0 saturated heterocycles. The van der Waals surface area contributed by atoms with E-state index in [9.17, 15) is 9.59 Å². The Balaban J connectivity index is 1.73. The Morgan fingerprint density at radius 2 is 1.72 bits per heavy atom. The van der Waals surface area contributed by atoms with Crippen molar-refractivity contribution in [1.29, 1.82) is 0 Å². The van der Waals surface area contributed by atoms with Crippen molar-refractivity contribution in [3.63, 3.8) is 0 Å². The van der Waals surface area contributed by atoms with Crippen LogP contribution in [-0.2, 0) is 14.3 Å². The second-order valence-corrected chi connectivity index (χ2v) is 6.06. The van der Waals surface area contributed by atoms with Gasteiger partial charge in [-0.2, -0.15) is 0 Å². The summed E-state index contributed by atoms with van der Waals surface area (Å²) in [4.78, 5) is 23.5. The van der Waals surface area contributed by atoms with E-state index in [4.69, 9.17) is 32.7 Å². The Morgan fingerprint density at radius 3 is 2.40 bits per heavy atom. The number of ether oxygens (including phenoxy) is 2. The van der Waals surface area contributed by atoms with Crippen molar-refractivity contribution in [3.05, 3.63) is 64.1 Å². The van der Waals surface area contributed by atoms with E-state index in [1.165, 1.54) is 0 Å². The average Bonchev–Trinajstić information content (AvgIpc) is 2.59. The third kappa shape index (κ3) is 6.29. The number of carbonyl (C=O) groups excluding carboxylic acids is 2. The van der Waals surface area contributed by atoms with Crippen molar-refractivity contribution >= 4 is 35.1 Å². The standard InChI is InChI=1S/C18H17Cl2NO4/c1-12(15-4-2-3-5-16(15)20)21-17(22)10-25-18(23)11-24-14-8-6-13(19)7-9-14/h2-9,12H,10-11H2,1H3,(H,21,22)/t12-/m0/s1. The van der Waals surface area contributed by atoms with E-state index in [2.05, 4.69) is 5.32 Å². The first-order valence-corrected chi connectivity index (χ1v) is 8.29. The fraction of sp³-hybridized carbons (Fsp3) is 0.222. The summed E-state index contributed by atoms with van der Waals surface area (Å²) < 4.78 is 10.1. The Labute approximate surface area is 155 Å². The number of halogens is 2. The molecule has 1 N–H and O–H groups in total. The van der Waals surface area contributed by atoms with Gasteiger partial charge < -0.3 is 14.8 Å². The second-order valence-electron chi connectivity index (χ2n) is 5.21. The molecule has 0 aliphatic rings. The summed E-state index contributed by atoms with van der Waals surface area (Å²) in [5.41, 5.74) is 0.787. The first kappa shape index (κ1) is 19.1. The average molecular weight is 382 g/mol. The molecule has 2 rings (SSSR count). The third-order valence-electron chi connectivity index (χ3n) is 3.28. The molecular weight excluding hydrogens is 365 g/mol. The zero-order chi connectivity index (χ0) is 18.2. The zero-order valence-corrected chi connectivity index (χ0v) is 15.0. The van der Waals surface area contributed by atoms with Gasteiger partial charge in [0, 0.05) is 10.0 Å². The second kappa shape index (κ2) is 9.30. The molecule has 1 amide bonds. The van der Waals surface area contributed by atoms with E-state index < -0.39 is 18.5 Å². The van der Waals surface area contributed by atoms with Gasteiger partial charge in [-0.25, -0.2) is 4.79 Å². The summed E-state index contributed by atoms with van der Waals surface area (Å²) in [6.45, 7) is 1.11. The van der Waals surface area contributed by atoms with Gasteiger partial charge in [0.15, 0.2) is 13.2 Å². The minimum Gasteiger partial charge on any atom is -0.482 e. The van der Waals surface area contributed by atoms with Crippen LogP contribution in [0.15, 0.2) is 48.5 Å². The summed E-state index contributed by atoms with van der Waals surface area (Å²) >= 11 is 11.8. The maximum absolute atomic E-state index is 11.9. The van der Waals surface area contributed by atoms with Crippen LogP contribution in [0.25, 0.3) is 0 Å². The first-order valence-electron chi connectivity index (χ1n) is 7.53. The molecule has 2 aromatic rings. The van der Waals surface area contributed by atoms with E-state index in [0.717, 1.165) is 5.56 Å². The molecule has 0 bridgehead atoms. The molecule has 0 heterocycles. The molecule has 0 saturated carbocycles. The molecule has 5 nitrogen and oxygen atoms in total. The Kier molecular flexibility index (Phi) is 7.10. The van der Waals surface area contributed by atoms with Crippen LogP contribution in [0.1, 0.15) is 18.5 Å². The highest BCUT2D eigenvalue weighted by atomic mass is 35.5. The molecular formula is C18H17Cl2NO4. The van der Waals surface area contributed by atoms with Gasteiger partial charge in [0.2, 0.25) is 0 Å². The molecule has 0 aliphatic carbocycles. The first-order chi connectivity index (χ1) is 12.0. The maximum Gasteiger partial charge on any atom is 0.344 e. The van der Waals surface area contributed by atoms with E-state index in [1.807, 2.05) is 18.2 Å². The maximum atomic E-state index is 11.9. The molecule has 0 aliphatic heterocycles. The zero-order valence-electron chi connectivity index (χ0n) is 13.5. The smallest absolute Gasteiger partial charge is 0.344 e. The van der Waals surface area contributed by atoms with Crippen LogP contribution < -0.4 is 10.1 Å². The lowest BCUT2D eigenvalue weighted by molar-refractivity contribution is -0.150. The number of benzene rings is 2. The topological polar surface area (TPSA) is 64.6 Å². The summed E-state index contributed by atoms with van der Waals surface area (Å²) in [5, 5.41) is 3.84. The predicted octanol–water partition coefficient (Wildman–Crippen LogP) is 3.79. The molecule has 0 unspecified atom stereocenters. The molecule has 0 spiro atoms. The van der Waals surface area contributed by atoms with Crippen molar-refractivity contribution in [2.45, 2.75) is 13.0 Å². The van der Waals surface area contributed by atoms with Crippen molar-refractivity contribution in [2.24, 2.45) is 0 Å². The van der Waals surface area contributed by atoms with E-state index >= 15 is 0 Å². The minimum absolute atomic E-state index is 0.297. The number of hydrogen-bond donors (Lipinski definition) is 1. The SMILES string of the molecule is C[C@H](NC(=O)COC(=O)COc1ccc(Cl)cc1)c1ccccc1Cl. The highest BCUT2D eigenvalue weighted by Crippen LogP contribution is 2.21. The molecule has 2 aromatic carbocycles. The van der Waals surface area contributed by atoms with Gasteiger partial charge in [-0.1, -0.05) is 41.4 Å². The number of nitrogens with one attached hydrogen (secondary N) is 1. The van der Waals surface area contributed by atoms with Crippen LogP contribution in [0.4, 0.5) is 0 Å². The molecule has 25 heavy (non-hydrogen) atoms. The van der Waals surface area contributed by atoms with Crippen LogP contribution in [-0.4, -0.2) is 25.1 Å². The monoisotopic (exact) mass is 381 g/mol. The molecule has 132 valence electrons. The minimum atomic E-state index is -0.643. The molecule has 0 radical (unpaired) electrons. The quantitative estimate of drug-likeness (QED) is 0.740. The van der Waals surface area contributed by atoms with Crippen molar-refractivity contribution in [3.8, 4) is 5.75 Å². The fourth-order valence-corrected chi connectivity index (χ4v) is 2.47. The van der Waals surface area contributed by atoms with E-state index in [1.54, 1.807) is 37.3 Å². The number of hydrogen-bond acceptors (Lipinski definition) is 4. The lowest BCUT2D eigenvalue weighted by Crippen LogP contribution is -2.32. The Hall–Kier alpha value is -2.24. The molecule has 7 heteroatoms. The Morgan fingerprint density at radius 1 is 1.04 bits per heavy atom. The van der Waals surface area contributed by atoms with E-state index in [-0.39, 0.29) is 12.6 Å². The highest BCUT2D eigenvalue weighted by Gasteiger charge is 2.14. The van der Waals surface area contributed by atoms with Gasteiger partial charge in [0.05, 0.1) is 6.04 Å². The van der Waals surface area contributed by atoms with Gasteiger partial charge in [0.1, 0.15) is 5.75 Å². The summed E-state index contributed by atoms with van der Waals surface area (Å²) in [5.74, 6) is -0.582. The number of amides is 1. The van der Waals surface area contributed by atoms with E-state index in [0.29, 0.717) is 15.8 Å². The van der Waals surface area contributed by atoms with Gasteiger partial charge in [0.25, 0.3) is 5.91 Å². The van der Waals surface area contributed by atoms with Crippen LogP contribution in [0.3, 0.4) is 0 Å². The number of esters is 1. The number of rotatable bonds is 7.